The van der Waals surface area contributed by atoms with E-state index < -0.39 is 6.09 Å². The van der Waals surface area contributed by atoms with Gasteiger partial charge in [-0.25, -0.2) is 9.78 Å². The second-order valence-electron chi connectivity index (χ2n) is 3.88. The van der Waals surface area contributed by atoms with Crippen LogP contribution in [0.2, 0.25) is 5.15 Å². The summed E-state index contributed by atoms with van der Waals surface area (Å²) >= 11 is 8.99. The summed E-state index contributed by atoms with van der Waals surface area (Å²) in [5, 5.41) is 2.74. The third-order valence-corrected chi connectivity index (χ3v) is 3.53. The number of hydrogen-bond donors (Lipinski definition) is 2. The van der Waals surface area contributed by atoms with Gasteiger partial charge in [0.2, 0.25) is 0 Å². The number of nitrogens with two attached hydrogens (primary N) is 1. The molecule has 1 heterocycles. The number of amides is 1. The molecule has 5 nitrogen and oxygen atoms in total. The summed E-state index contributed by atoms with van der Waals surface area (Å²) in [6, 6.07) is 10.9. The standard InChI is InChI=1S/C13H11BrClN3O2/c14-9-6-10(12(16)18-11(9)15)17-13(19)20-7-8-4-2-1-3-5-8/h1-6H,7H2,(H2,16,18)(H,17,19). The summed E-state index contributed by atoms with van der Waals surface area (Å²) in [4.78, 5) is 15.5. The van der Waals surface area contributed by atoms with Gasteiger partial charge in [0.05, 0.1) is 10.2 Å². The molecule has 0 unspecified atom stereocenters. The molecule has 0 spiro atoms. The molecule has 0 aliphatic carbocycles. The van der Waals surface area contributed by atoms with Gasteiger partial charge >= 0.3 is 6.09 Å². The van der Waals surface area contributed by atoms with Crippen molar-refractivity contribution in [2.45, 2.75) is 6.61 Å². The zero-order valence-electron chi connectivity index (χ0n) is 10.3. The van der Waals surface area contributed by atoms with E-state index in [9.17, 15) is 4.79 Å². The van der Waals surface area contributed by atoms with Gasteiger partial charge in [0.15, 0.2) is 0 Å². The number of anilines is 2. The first-order valence-corrected chi connectivity index (χ1v) is 6.82. The first kappa shape index (κ1) is 14.6. The number of aromatic nitrogens is 1. The van der Waals surface area contributed by atoms with Gasteiger partial charge in [0.25, 0.3) is 0 Å². The number of carbonyl (C=O) groups excluding carboxylic acids is 1. The van der Waals surface area contributed by atoms with Crippen LogP contribution in [0.1, 0.15) is 5.56 Å². The normalized spacial score (nSPS) is 10.1. The van der Waals surface area contributed by atoms with E-state index in [1.165, 1.54) is 0 Å². The predicted octanol–water partition coefficient (Wildman–Crippen LogP) is 3.83. The summed E-state index contributed by atoms with van der Waals surface area (Å²) in [5.74, 6) is 0.120. The lowest BCUT2D eigenvalue weighted by atomic mass is 10.2. The summed E-state index contributed by atoms with van der Waals surface area (Å²) < 4.78 is 5.61. The highest BCUT2D eigenvalue weighted by molar-refractivity contribution is 9.10. The van der Waals surface area contributed by atoms with Crippen molar-refractivity contribution >= 4 is 45.1 Å². The Hall–Kier alpha value is -1.79. The molecule has 20 heavy (non-hydrogen) atoms. The van der Waals surface area contributed by atoms with Gasteiger partial charge in [-0.05, 0) is 27.6 Å². The molecule has 2 aromatic rings. The first-order valence-electron chi connectivity index (χ1n) is 5.65. The average Bonchev–Trinajstić information content (AvgIpc) is 2.44. The number of pyridine rings is 1. The number of hydrogen-bond acceptors (Lipinski definition) is 4. The van der Waals surface area contributed by atoms with Gasteiger partial charge in [0.1, 0.15) is 17.6 Å². The second-order valence-corrected chi connectivity index (χ2v) is 5.09. The van der Waals surface area contributed by atoms with Crippen LogP contribution in [-0.4, -0.2) is 11.1 Å². The van der Waals surface area contributed by atoms with Crippen molar-refractivity contribution in [2.75, 3.05) is 11.1 Å². The number of benzene rings is 1. The zero-order chi connectivity index (χ0) is 14.5. The number of nitrogen functional groups attached to an aromatic ring is 1. The largest absolute Gasteiger partial charge is 0.444 e. The van der Waals surface area contributed by atoms with Crippen molar-refractivity contribution in [3.8, 4) is 0 Å². The number of ether oxygens (including phenoxy) is 1. The smallest absolute Gasteiger partial charge is 0.412 e. The van der Waals surface area contributed by atoms with Crippen LogP contribution in [-0.2, 0) is 11.3 Å². The molecule has 0 bridgehead atoms. The molecule has 0 fully saturated rings. The van der Waals surface area contributed by atoms with Gasteiger partial charge < -0.3 is 10.5 Å². The Morgan fingerprint density at radius 2 is 2.10 bits per heavy atom. The minimum Gasteiger partial charge on any atom is -0.444 e. The van der Waals surface area contributed by atoms with E-state index in [4.69, 9.17) is 22.1 Å². The first-order chi connectivity index (χ1) is 9.56. The highest BCUT2D eigenvalue weighted by atomic mass is 79.9. The molecular weight excluding hydrogens is 346 g/mol. The average molecular weight is 357 g/mol. The molecule has 0 saturated carbocycles. The minimum atomic E-state index is -0.614. The number of nitrogens with one attached hydrogen (secondary N) is 1. The Morgan fingerprint density at radius 3 is 2.80 bits per heavy atom. The van der Waals surface area contributed by atoms with Crippen LogP contribution in [0.3, 0.4) is 0 Å². The molecule has 0 saturated heterocycles. The van der Waals surface area contributed by atoms with E-state index in [1.54, 1.807) is 6.07 Å². The van der Waals surface area contributed by atoms with E-state index in [0.29, 0.717) is 10.2 Å². The fourth-order valence-corrected chi connectivity index (χ4v) is 1.91. The molecule has 1 aromatic carbocycles. The number of nitrogens with zero attached hydrogens (tertiary/aromatic N) is 1. The number of halogens is 2. The lowest BCUT2D eigenvalue weighted by Gasteiger charge is -2.09. The maximum absolute atomic E-state index is 11.7. The summed E-state index contributed by atoms with van der Waals surface area (Å²) in [7, 11) is 0. The third-order valence-electron chi connectivity index (χ3n) is 2.41. The number of rotatable bonds is 3. The van der Waals surface area contributed by atoms with Gasteiger partial charge in [-0.15, -0.1) is 0 Å². The van der Waals surface area contributed by atoms with Crippen LogP contribution in [0.25, 0.3) is 0 Å². The summed E-state index contributed by atoms with van der Waals surface area (Å²) in [6.07, 6.45) is -0.614. The monoisotopic (exact) mass is 355 g/mol. The highest BCUT2D eigenvalue weighted by Crippen LogP contribution is 2.27. The minimum absolute atomic E-state index is 0.120. The molecule has 0 aliphatic heterocycles. The Kier molecular flexibility index (Phi) is 4.81. The van der Waals surface area contributed by atoms with E-state index in [2.05, 4.69) is 26.2 Å². The van der Waals surface area contributed by atoms with Gasteiger partial charge in [0, 0.05) is 0 Å². The van der Waals surface area contributed by atoms with Gasteiger partial charge in [-0.2, -0.15) is 0 Å². The molecule has 104 valence electrons. The van der Waals surface area contributed by atoms with Crippen molar-refractivity contribution in [2.24, 2.45) is 0 Å². The maximum atomic E-state index is 11.7. The molecule has 0 atom stereocenters. The van der Waals surface area contributed by atoms with E-state index in [1.807, 2.05) is 30.3 Å². The van der Waals surface area contributed by atoms with Crippen LogP contribution < -0.4 is 11.1 Å². The van der Waals surface area contributed by atoms with Gasteiger partial charge in [-0.3, -0.25) is 5.32 Å². The Morgan fingerprint density at radius 1 is 1.40 bits per heavy atom. The van der Waals surface area contributed by atoms with Crippen molar-refractivity contribution < 1.29 is 9.53 Å². The summed E-state index contributed by atoms with van der Waals surface area (Å²) in [6.45, 7) is 0.175. The van der Waals surface area contributed by atoms with Crippen molar-refractivity contribution in [3.63, 3.8) is 0 Å². The fraction of sp³-hybridized carbons (Fsp3) is 0.0769. The van der Waals surface area contributed by atoms with Crippen molar-refractivity contribution in [1.82, 2.24) is 4.98 Å². The van der Waals surface area contributed by atoms with Gasteiger partial charge in [-0.1, -0.05) is 41.9 Å². The SMILES string of the molecule is Nc1nc(Cl)c(Br)cc1NC(=O)OCc1ccccc1. The quantitative estimate of drug-likeness (QED) is 0.819. The lowest BCUT2D eigenvalue weighted by Crippen LogP contribution is -2.15. The second kappa shape index (κ2) is 6.58. The molecule has 3 N–H and O–H groups in total. The van der Waals surface area contributed by atoms with Crippen LogP contribution in [0.5, 0.6) is 0 Å². The van der Waals surface area contributed by atoms with Crippen molar-refractivity contribution in [3.05, 3.63) is 51.6 Å². The Bertz CT molecular complexity index is 623. The highest BCUT2D eigenvalue weighted by Gasteiger charge is 2.10. The van der Waals surface area contributed by atoms with Crippen LogP contribution >= 0.6 is 27.5 Å². The Labute approximate surface area is 129 Å². The lowest BCUT2D eigenvalue weighted by molar-refractivity contribution is 0.155. The van der Waals surface area contributed by atoms with Crippen molar-refractivity contribution in [1.29, 1.82) is 0 Å². The maximum Gasteiger partial charge on any atom is 0.412 e. The van der Waals surface area contributed by atoms with Crippen LogP contribution in [0.4, 0.5) is 16.3 Å². The third kappa shape index (κ3) is 3.85. The molecule has 1 amide bonds. The van der Waals surface area contributed by atoms with Crippen LogP contribution in [0, 0.1) is 0 Å². The topological polar surface area (TPSA) is 77.2 Å². The van der Waals surface area contributed by atoms with E-state index in [-0.39, 0.29) is 17.6 Å². The zero-order valence-corrected chi connectivity index (χ0v) is 12.6. The summed E-state index contributed by atoms with van der Waals surface area (Å²) in [5.41, 5.74) is 6.89. The Balaban J connectivity index is 1.97. The van der Waals surface area contributed by atoms with Crippen LogP contribution in [0.15, 0.2) is 40.9 Å². The fourth-order valence-electron chi connectivity index (χ4n) is 1.45. The molecule has 7 heteroatoms. The molecule has 2 rings (SSSR count). The van der Waals surface area contributed by atoms with E-state index >= 15 is 0 Å². The molecule has 1 aromatic heterocycles. The number of carbonyl (C=O) groups is 1. The molecular formula is C13H11BrClN3O2. The van der Waals surface area contributed by atoms with E-state index in [0.717, 1.165) is 5.56 Å². The molecule has 0 radical (unpaired) electrons. The molecule has 0 aliphatic rings. The predicted molar refractivity (Wildman–Crippen MR) is 81.6 cm³/mol.